The molecule has 0 heterocycles. The van der Waals surface area contributed by atoms with Crippen molar-refractivity contribution in [2.75, 3.05) is 20.1 Å². The first-order chi connectivity index (χ1) is 8.95. The highest BCUT2D eigenvalue weighted by Crippen LogP contribution is 2.55. The molecule has 0 aromatic heterocycles. The topological polar surface area (TPSA) is 92.5 Å². The van der Waals surface area contributed by atoms with Crippen LogP contribution in [0.15, 0.2) is 0 Å². The molecule has 19 heavy (non-hydrogen) atoms. The number of carbonyl (C=O) groups excluding carboxylic acids is 1. The fourth-order valence-electron chi connectivity index (χ4n) is 2.91. The summed E-state index contributed by atoms with van der Waals surface area (Å²) in [5.74, 6) is 0.673. The fraction of sp³-hybridized carbons (Fsp3) is 0.917. The number of unbranched alkanes of at least 4 members (excludes halogenated alkanes) is 1. The lowest BCUT2D eigenvalue weighted by atomic mass is 10.0. The first kappa shape index (κ1) is 14.7. The van der Waals surface area contributed by atoms with Crippen LogP contribution >= 0.6 is 0 Å². The predicted octanol–water partition coefficient (Wildman–Crippen LogP) is 0.0642. The molecule has 3 atom stereocenters. The van der Waals surface area contributed by atoms with Gasteiger partial charge in [0.15, 0.2) is 0 Å². The maximum Gasteiger partial charge on any atom is 0.303 e. The van der Waals surface area contributed by atoms with Crippen LogP contribution in [0.5, 0.6) is 0 Å². The van der Waals surface area contributed by atoms with Gasteiger partial charge in [0.2, 0.25) is 5.91 Å². The third-order valence-electron chi connectivity index (χ3n) is 4.25. The van der Waals surface area contributed by atoms with Crippen LogP contribution in [-0.2, 0) is 15.0 Å². The van der Waals surface area contributed by atoms with Crippen molar-refractivity contribution in [1.82, 2.24) is 9.03 Å². The van der Waals surface area contributed by atoms with Crippen molar-refractivity contribution in [2.45, 2.75) is 32.1 Å². The number of nitrogens with two attached hydrogens (primary N) is 1. The highest BCUT2D eigenvalue weighted by molar-refractivity contribution is 7.87. The lowest BCUT2D eigenvalue weighted by molar-refractivity contribution is -0.123. The van der Waals surface area contributed by atoms with E-state index in [4.69, 9.17) is 5.73 Å². The Bertz CT molecular complexity index is 438. The maximum atomic E-state index is 12.0. The van der Waals surface area contributed by atoms with Crippen LogP contribution in [0.25, 0.3) is 0 Å². The predicted molar refractivity (Wildman–Crippen MR) is 72.3 cm³/mol. The summed E-state index contributed by atoms with van der Waals surface area (Å²) in [5.41, 5.74) is 5.37. The summed E-state index contributed by atoms with van der Waals surface area (Å²) in [6, 6.07) is 0. The molecule has 6 nitrogen and oxygen atoms in total. The van der Waals surface area contributed by atoms with Crippen LogP contribution in [0.1, 0.15) is 32.1 Å². The van der Waals surface area contributed by atoms with Crippen molar-refractivity contribution in [3.05, 3.63) is 0 Å². The van der Waals surface area contributed by atoms with E-state index >= 15 is 0 Å². The number of fused-ring (bicyclic) bond motifs is 1. The second-order valence-corrected chi connectivity index (χ2v) is 7.41. The summed E-state index contributed by atoms with van der Waals surface area (Å²) in [5, 5.41) is 0. The average Bonchev–Trinajstić information content (AvgIpc) is 2.99. The standard InChI is InChI=1S/C12H23N3O3S/c1-15(7-3-2-6-13)19(17,18)14-12(16)10-5-4-9-8-11(9)10/h9-11H,2-8,13H2,1H3,(H,14,16). The minimum Gasteiger partial charge on any atom is -0.330 e. The summed E-state index contributed by atoms with van der Waals surface area (Å²) >= 11 is 0. The number of hydrogen-bond acceptors (Lipinski definition) is 4. The lowest BCUT2D eigenvalue weighted by Gasteiger charge is -2.19. The smallest absolute Gasteiger partial charge is 0.303 e. The second-order valence-electron chi connectivity index (χ2n) is 5.63. The Balaban J connectivity index is 1.83. The highest BCUT2D eigenvalue weighted by atomic mass is 32.2. The van der Waals surface area contributed by atoms with Gasteiger partial charge in [-0.2, -0.15) is 12.7 Å². The Hall–Kier alpha value is -0.660. The van der Waals surface area contributed by atoms with Crippen molar-refractivity contribution in [2.24, 2.45) is 23.5 Å². The molecule has 0 aromatic rings. The van der Waals surface area contributed by atoms with E-state index in [-0.39, 0.29) is 11.8 Å². The van der Waals surface area contributed by atoms with Crippen LogP contribution < -0.4 is 10.5 Å². The molecule has 0 saturated heterocycles. The van der Waals surface area contributed by atoms with Crippen LogP contribution in [0.2, 0.25) is 0 Å². The van der Waals surface area contributed by atoms with Gasteiger partial charge in [0.05, 0.1) is 0 Å². The molecule has 2 aliphatic rings. The monoisotopic (exact) mass is 289 g/mol. The van der Waals surface area contributed by atoms with Gasteiger partial charge in [0.1, 0.15) is 0 Å². The number of carbonyl (C=O) groups is 1. The van der Waals surface area contributed by atoms with Crippen LogP contribution in [0.4, 0.5) is 0 Å². The van der Waals surface area contributed by atoms with E-state index in [1.54, 1.807) is 0 Å². The highest BCUT2D eigenvalue weighted by Gasteiger charge is 2.51. The fourth-order valence-corrected chi connectivity index (χ4v) is 3.84. The Labute approximate surface area is 114 Å². The van der Waals surface area contributed by atoms with Gasteiger partial charge >= 0.3 is 10.2 Å². The minimum absolute atomic E-state index is 0.0998. The van der Waals surface area contributed by atoms with Crippen LogP contribution in [0.3, 0.4) is 0 Å². The molecule has 2 saturated carbocycles. The van der Waals surface area contributed by atoms with Gasteiger partial charge in [-0.1, -0.05) is 0 Å². The van der Waals surface area contributed by atoms with Gasteiger partial charge in [0.25, 0.3) is 0 Å². The third-order valence-corrected chi connectivity index (χ3v) is 5.71. The Morgan fingerprint density at radius 1 is 1.37 bits per heavy atom. The largest absolute Gasteiger partial charge is 0.330 e. The SMILES string of the molecule is CN(CCCCN)S(=O)(=O)NC(=O)C1CCC2CC21. The number of nitrogens with one attached hydrogen (secondary N) is 1. The first-order valence-electron chi connectivity index (χ1n) is 6.93. The molecule has 2 rings (SSSR count). The number of rotatable bonds is 7. The normalized spacial score (nSPS) is 29.3. The van der Waals surface area contributed by atoms with Crippen molar-refractivity contribution in [3.63, 3.8) is 0 Å². The Morgan fingerprint density at radius 3 is 2.63 bits per heavy atom. The van der Waals surface area contributed by atoms with Gasteiger partial charge in [-0.05, 0) is 50.5 Å². The number of amides is 1. The summed E-state index contributed by atoms with van der Waals surface area (Å²) in [7, 11) is -2.20. The van der Waals surface area contributed by atoms with Crippen LogP contribution in [-0.4, -0.2) is 38.8 Å². The molecule has 0 radical (unpaired) electrons. The summed E-state index contributed by atoms with van der Waals surface area (Å²) in [6.07, 6.45) is 4.46. The molecule has 1 amide bonds. The molecule has 2 aliphatic carbocycles. The van der Waals surface area contributed by atoms with E-state index in [1.807, 2.05) is 0 Å². The Kier molecular flexibility index (Phi) is 4.47. The molecule has 0 aromatic carbocycles. The third kappa shape index (κ3) is 3.46. The Morgan fingerprint density at radius 2 is 2.11 bits per heavy atom. The van der Waals surface area contributed by atoms with E-state index in [0.29, 0.717) is 31.3 Å². The molecule has 2 fully saturated rings. The van der Waals surface area contributed by atoms with Gasteiger partial charge in [-0.3, -0.25) is 4.79 Å². The van der Waals surface area contributed by atoms with Crippen molar-refractivity contribution >= 4 is 16.1 Å². The molecular weight excluding hydrogens is 266 g/mol. The van der Waals surface area contributed by atoms with E-state index in [0.717, 1.165) is 25.7 Å². The van der Waals surface area contributed by atoms with Crippen LogP contribution in [0, 0.1) is 17.8 Å². The van der Waals surface area contributed by atoms with Gasteiger partial charge in [-0.15, -0.1) is 0 Å². The zero-order valence-electron chi connectivity index (χ0n) is 11.3. The molecule has 3 unspecified atom stereocenters. The summed E-state index contributed by atoms with van der Waals surface area (Å²) in [4.78, 5) is 12.0. The van der Waals surface area contributed by atoms with E-state index in [2.05, 4.69) is 4.72 Å². The number of hydrogen-bond donors (Lipinski definition) is 2. The maximum absolute atomic E-state index is 12.0. The molecule has 110 valence electrons. The first-order valence-corrected chi connectivity index (χ1v) is 8.37. The number of nitrogens with zero attached hydrogens (tertiary/aromatic N) is 1. The minimum atomic E-state index is -3.69. The molecule has 0 aliphatic heterocycles. The zero-order valence-corrected chi connectivity index (χ0v) is 12.2. The van der Waals surface area contributed by atoms with Crippen molar-refractivity contribution in [3.8, 4) is 0 Å². The molecule has 7 heteroatoms. The quantitative estimate of drug-likeness (QED) is 0.648. The molecule has 0 spiro atoms. The van der Waals surface area contributed by atoms with Gasteiger partial charge in [0, 0.05) is 19.5 Å². The molecule has 3 N–H and O–H groups in total. The van der Waals surface area contributed by atoms with Crippen molar-refractivity contribution < 1.29 is 13.2 Å². The van der Waals surface area contributed by atoms with E-state index in [1.165, 1.54) is 11.4 Å². The zero-order chi connectivity index (χ0) is 14.0. The van der Waals surface area contributed by atoms with E-state index < -0.39 is 10.2 Å². The van der Waals surface area contributed by atoms with Crippen molar-refractivity contribution in [1.29, 1.82) is 0 Å². The second kappa shape index (κ2) is 5.76. The molecule has 0 bridgehead atoms. The van der Waals surface area contributed by atoms with Gasteiger partial charge in [-0.25, -0.2) is 4.72 Å². The summed E-state index contributed by atoms with van der Waals surface area (Å²) in [6.45, 7) is 0.932. The lowest BCUT2D eigenvalue weighted by Crippen LogP contribution is -2.44. The van der Waals surface area contributed by atoms with Gasteiger partial charge < -0.3 is 5.73 Å². The molecular formula is C12H23N3O3S. The summed E-state index contributed by atoms with van der Waals surface area (Å²) < 4.78 is 27.4. The van der Waals surface area contributed by atoms with E-state index in [9.17, 15) is 13.2 Å². The average molecular weight is 289 g/mol.